The molecule has 1 aliphatic rings. The smallest absolute Gasteiger partial charge is 0.294 e. The van der Waals surface area contributed by atoms with Crippen LogP contribution >= 0.6 is 0 Å². The number of piperidine rings is 1. The minimum atomic E-state index is -0.173. The predicted molar refractivity (Wildman–Crippen MR) is 89.6 cm³/mol. The summed E-state index contributed by atoms with van der Waals surface area (Å²) in [4.78, 5) is 20.0. The number of furan rings is 1. The van der Waals surface area contributed by atoms with Crippen molar-refractivity contribution in [2.75, 3.05) is 13.1 Å². The molecule has 0 spiro atoms. The van der Waals surface area contributed by atoms with Gasteiger partial charge in [-0.25, -0.2) is 4.98 Å². The van der Waals surface area contributed by atoms with Crippen molar-refractivity contribution in [2.24, 2.45) is 0 Å². The molecule has 112 valence electrons. The summed E-state index contributed by atoms with van der Waals surface area (Å²) in [6.45, 7) is 4.06. The van der Waals surface area contributed by atoms with Crippen LogP contribution in [0.3, 0.4) is 0 Å². The summed E-state index contributed by atoms with van der Waals surface area (Å²) in [5, 5.41) is 4.28. The lowest BCUT2D eigenvalue weighted by molar-refractivity contribution is 0.445. The molecule has 2 N–H and O–H groups in total. The van der Waals surface area contributed by atoms with Gasteiger partial charge in [-0.15, -0.1) is 0 Å². The SMILES string of the molecule is CBc1ccc2oc3c(=O)[nH]c(C4CCNCC4)nc3c2c1. The van der Waals surface area contributed by atoms with Crippen LogP contribution in [0.2, 0.25) is 6.82 Å². The zero-order chi connectivity index (χ0) is 15.1. The van der Waals surface area contributed by atoms with Crippen LogP contribution in [0.15, 0.2) is 27.4 Å². The van der Waals surface area contributed by atoms with Crippen molar-refractivity contribution in [3.63, 3.8) is 0 Å². The molecule has 22 heavy (non-hydrogen) atoms. The zero-order valence-corrected chi connectivity index (χ0v) is 12.6. The number of hydrogen-bond acceptors (Lipinski definition) is 4. The molecule has 4 rings (SSSR count). The van der Waals surface area contributed by atoms with Crippen molar-refractivity contribution in [2.45, 2.75) is 25.6 Å². The Labute approximate surface area is 128 Å². The van der Waals surface area contributed by atoms with Crippen LogP contribution in [0.5, 0.6) is 0 Å². The molecule has 0 aliphatic carbocycles. The molecule has 0 bridgehead atoms. The number of aromatic amines is 1. The first-order valence-electron chi connectivity index (χ1n) is 7.92. The van der Waals surface area contributed by atoms with Crippen molar-refractivity contribution >= 4 is 34.8 Å². The molecule has 6 heteroatoms. The molecule has 0 radical (unpaired) electrons. The predicted octanol–water partition coefficient (Wildman–Crippen LogP) is 1.25. The Bertz CT molecular complexity index is 893. The molecule has 1 aliphatic heterocycles. The van der Waals surface area contributed by atoms with Gasteiger partial charge in [-0.3, -0.25) is 4.79 Å². The molecule has 0 unspecified atom stereocenters. The monoisotopic (exact) mass is 295 g/mol. The van der Waals surface area contributed by atoms with E-state index in [1.54, 1.807) is 0 Å². The van der Waals surface area contributed by atoms with Gasteiger partial charge < -0.3 is 14.7 Å². The van der Waals surface area contributed by atoms with Crippen molar-refractivity contribution in [3.8, 4) is 0 Å². The first-order valence-corrected chi connectivity index (χ1v) is 7.92. The first-order chi connectivity index (χ1) is 10.8. The minimum absolute atomic E-state index is 0.173. The summed E-state index contributed by atoms with van der Waals surface area (Å²) < 4.78 is 5.71. The number of nitrogens with zero attached hydrogens (tertiary/aromatic N) is 1. The van der Waals surface area contributed by atoms with Gasteiger partial charge in [-0.05, 0) is 32.0 Å². The Morgan fingerprint density at radius 1 is 1.32 bits per heavy atom. The second-order valence-electron chi connectivity index (χ2n) is 5.94. The second-order valence-corrected chi connectivity index (χ2v) is 5.94. The van der Waals surface area contributed by atoms with E-state index in [9.17, 15) is 4.79 Å². The number of H-pyrrole nitrogens is 1. The van der Waals surface area contributed by atoms with E-state index in [0.717, 1.165) is 50.0 Å². The van der Waals surface area contributed by atoms with Crippen LogP contribution in [-0.4, -0.2) is 30.3 Å². The van der Waals surface area contributed by atoms with Crippen molar-refractivity contribution < 1.29 is 4.42 Å². The van der Waals surface area contributed by atoms with Crippen molar-refractivity contribution in [3.05, 3.63) is 34.4 Å². The Morgan fingerprint density at radius 3 is 2.91 bits per heavy atom. The number of fused-ring (bicyclic) bond motifs is 3. The highest BCUT2D eigenvalue weighted by molar-refractivity contribution is 6.52. The molecule has 1 aromatic carbocycles. The lowest BCUT2D eigenvalue weighted by Crippen LogP contribution is -2.28. The van der Waals surface area contributed by atoms with Gasteiger partial charge in [0.2, 0.25) is 5.58 Å². The van der Waals surface area contributed by atoms with E-state index in [0.29, 0.717) is 17.0 Å². The highest BCUT2D eigenvalue weighted by atomic mass is 16.3. The zero-order valence-electron chi connectivity index (χ0n) is 12.6. The number of rotatable bonds is 2. The third-order valence-corrected chi connectivity index (χ3v) is 4.54. The Morgan fingerprint density at radius 2 is 2.14 bits per heavy atom. The average Bonchev–Trinajstić information content (AvgIpc) is 2.94. The molecule has 1 fully saturated rings. The summed E-state index contributed by atoms with van der Waals surface area (Å²) in [5.41, 5.74) is 2.81. The van der Waals surface area contributed by atoms with Crippen LogP contribution < -0.4 is 16.3 Å². The number of aromatic nitrogens is 2. The summed E-state index contributed by atoms with van der Waals surface area (Å²) in [7, 11) is 0.951. The molecule has 0 saturated carbocycles. The van der Waals surface area contributed by atoms with Crippen LogP contribution in [0, 0.1) is 0 Å². The molecular weight excluding hydrogens is 277 g/mol. The van der Waals surface area contributed by atoms with E-state index >= 15 is 0 Å². The molecule has 0 amide bonds. The van der Waals surface area contributed by atoms with E-state index in [1.807, 2.05) is 12.1 Å². The highest BCUT2D eigenvalue weighted by Gasteiger charge is 2.20. The third-order valence-electron chi connectivity index (χ3n) is 4.54. The van der Waals surface area contributed by atoms with Crippen LogP contribution in [0.25, 0.3) is 22.1 Å². The van der Waals surface area contributed by atoms with E-state index < -0.39 is 0 Å². The standard InChI is InChI=1S/C16H18BN3O2/c1-17-10-2-3-12-11(8-10)13-14(22-12)16(21)20-15(19-13)9-4-6-18-7-5-9/h2-3,8-9,17-18H,4-7H2,1H3,(H,19,20,21). The normalized spacial score (nSPS) is 16.4. The Hall–Kier alpha value is -2.08. The van der Waals surface area contributed by atoms with Gasteiger partial charge >= 0.3 is 0 Å². The van der Waals surface area contributed by atoms with Crippen molar-refractivity contribution in [1.82, 2.24) is 15.3 Å². The van der Waals surface area contributed by atoms with E-state index in [4.69, 9.17) is 9.40 Å². The molecule has 5 nitrogen and oxygen atoms in total. The fourth-order valence-electron chi connectivity index (χ4n) is 3.23. The maximum atomic E-state index is 12.4. The van der Waals surface area contributed by atoms with Gasteiger partial charge in [0.25, 0.3) is 5.56 Å². The summed E-state index contributed by atoms with van der Waals surface area (Å²) in [5.74, 6) is 1.11. The Kier molecular flexibility index (Phi) is 3.26. The minimum Gasteiger partial charge on any atom is -0.449 e. The maximum absolute atomic E-state index is 12.4. The van der Waals surface area contributed by atoms with E-state index in [1.165, 1.54) is 5.46 Å². The molecule has 1 saturated heterocycles. The fraction of sp³-hybridized carbons (Fsp3) is 0.375. The summed E-state index contributed by atoms with van der Waals surface area (Å²) in [6.07, 6.45) is 2.01. The van der Waals surface area contributed by atoms with Gasteiger partial charge in [0.15, 0.2) is 7.28 Å². The Balaban J connectivity index is 1.94. The highest BCUT2D eigenvalue weighted by Crippen LogP contribution is 2.27. The lowest BCUT2D eigenvalue weighted by atomic mass is 9.73. The fourth-order valence-corrected chi connectivity index (χ4v) is 3.23. The topological polar surface area (TPSA) is 70.9 Å². The largest absolute Gasteiger partial charge is 0.449 e. The second kappa shape index (κ2) is 5.28. The van der Waals surface area contributed by atoms with Gasteiger partial charge in [-0.1, -0.05) is 24.4 Å². The third kappa shape index (κ3) is 2.15. The van der Waals surface area contributed by atoms with Gasteiger partial charge in [0, 0.05) is 11.3 Å². The van der Waals surface area contributed by atoms with Crippen LogP contribution in [0.4, 0.5) is 0 Å². The molecule has 2 aromatic heterocycles. The maximum Gasteiger partial charge on any atom is 0.294 e. The summed E-state index contributed by atoms with van der Waals surface area (Å²) >= 11 is 0. The molecule has 0 atom stereocenters. The number of benzene rings is 1. The molecule has 3 aromatic rings. The van der Waals surface area contributed by atoms with Gasteiger partial charge in [0.1, 0.15) is 16.9 Å². The van der Waals surface area contributed by atoms with E-state index in [-0.39, 0.29) is 5.56 Å². The van der Waals surface area contributed by atoms with Crippen molar-refractivity contribution in [1.29, 1.82) is 0 Å². The van der Waals surface area contributed by atoms with Crippen LogP contribution in [-0.2, 0) is 0 Å². The lowest BCUT2D eigenvalue weighted by Gasteiger charge is -2.21. The molecule has 3 heterocycles. The van der Waals surface area contributed by atoms with Gasteiger partial charge in [-0.2, -0.15) is 0 Å². The van der Waals surface area contributed by atoms with Crippen LogP contribution in [0.1, 0.15) is 24.6 Å². The number of nitrogens with one attached hydrogen (secondary N) is 2. The quantitative estimate of drug-likeness (QED) is 0.698. The molecular formula is C16H18BN3O2. The van der Waals surface area contributed by atoms with Gasteiger partial charge in [0.05, 0.1) is 0 Å². The first kappa shape index (κ1) is 13.6. The van der Waals surface area contributed by atoms with E-state index in [2.05, 4.69) is 23.2 Å². The number of hydrogen-bond donors (Lipinski definition) is 2. The summed E-state index contributed by atoms with van der Waals surface area (Å²) in [6, 6.07) is 6.05. The average molecular weight is 295 g/mol.